The fraction of sp³-hybridized carbons (Fsp3) is 0.500. The molecule has 1 atom stereocenters. The fourth-order valence-electron chi connectivity index (χ4n) is 2.30. The lowest BCUT2D eigenvalue weighted by atomic mass is 9.95. The molecule has 19 heavy (non-hydrogen) atoms. The Labute approximate surface area is 123 Å². The lowest BCUT2D eigenvalue weighted by Crippen LogP contribution is -2.57. The number of nitrogens with one attached hydrogen (secondary N) is 1. The van der Waals surface area contributed by atoms with Crippen molar-refractivity contribution in [2.45, 2.75) is 24.1 Å². The molecule has 0 aliphatic heterocycles. The van der Waals surface area contributed by atoms with Crippen molar-refractivity contribution in [3.8, 4) is 0 Å². The number of hydrogen-bond donors (Lipinski definition) is 2. The molecule has 0 radical (unpaired) electrons. The highest BCUT2D eigenvalue weighted by atomic mass is 35.5. The molecule has 104 valence electrons. The number of carbonyl (C=O) groups is 1. The Hall–Kier alpha value is -0.710. The minimum Gasteiger partial charge on any atom is -0.368 e. The minimum atomic E-state index is -0.564. The predicted molar refractivity (Wildman–Crippen MR) is 81.3 cm³/mol. The molecule has 1 saturated carbocycles. The van der Waals surface area contributed by atoms with Crippen molar-refractivity contribution in [3.63, 3.8) is 0 Å². The maximum Gasteiger partial charge on any atom is 0.238 e. The van der Waals surface area contributed by atoms with Gasteiger partial charge in [-0.05, 0) is 37.4 Å². The van der Waals surface area contributed by atoms with Gasteiger partial charge in [0.1, 0.15) is 5.54 Å². The second kappa shape index (κ2) is 6.16. The van der Waals surface area contributed by atoms with Gasteiger partial charge >= 0.3 is 0 Å². The molecule has 3 nitrogen and oxygen atoms in total. The SMILES string of the molecule is CNC(CSCc1ccccc1Cl)(C(N)=O)C1CC1. The van der Waals surface area contributed by atoms with Crippen LogP contribution in [0.4, 0.5) is 0 Å². The van der Waals surface area contributed by atoms with Crippen LogP contribution >= 0.6 is 23.4 Å². The van der Waals surface area contributed by atoms with Gasteiger partial charge in [0.25, 0.3) is 0 Å². The number of thioether (sulfide) groups is 1. The molecule has 5 heteroatoms. The van der Waals surface area contributed by atoms with Crippen LogP contribution in [0.5, 0.6) is 0 Å². The average Bonchev–Trinajstić information content (AvgIpc) is 3.21. The number of primary amides is 1. The summed E-state index contributed by atoms with van der Waals surface area (Å²) in [5.41, 5.74) is 6.12. The molecule has 1 amide bonds. The van der Waals surface area contributed by atoms with Crippen molar-refractivity contribution >= 4 is 29.3 Å². The summed E-state index contributed by atoms with van der Waals surface area (Å²) >= 11 is 7.83. The number of carbonyl (C=O) groups excluding carboxylic acids is 1. The van der Waals surface area contributed by atoms with Crippen LogP contribution in [0.25, 0.3) is 0 Å². The van der Waals surface area contributed by atoms with Gasteiger partial charge in [0.05, 0.1) is 0 Å². The molecule has 1 aromatic rings. The maximum atomic E-state index is 11.8. The van der Waals surface area contributed by atoms with E-state index in [1.165, 1.54) is 0 Å². The van der Waals surface area contributed by atoms with Crippen LogP contribution < -0.4 is 11.1 Å². The topological polar surface area (TPSA) is 55.1 Å². The van der Waals surface area contributed by atoms with Crippen molar-refractivity contribution < 1.29 is 4.79 Å². The molecule has 1 aliphatic carbocycles. The summed E-state index contributed by atoms with van der Waals surface area (Å²) in [5.74, 6) is 1.62. The molecule has 0 spiro atoms. The number of hydrogen-bond acceptors (Lipinski definition) is 3. The van der Waals surface area contributed by atoms with Crippen molar-refractivity contribution in [2.75, 3.05) is 12.8 Å². The minimum absolute atomic E-state index is 0.246. The first-order chi connectivity index (χ1) is 9.10. The first-order valence-corrected chi connectivity index (χ1v) is 7.93. The third-order valence-electron chi connectivity index (χ3n) is 3.71. The quantitative estimate of drug-likeness (QED) is 0.813. The van der Waals surface area contributed by atoms with E-state index >= 15 is 0 Å². The summed E-state index contributed by atoms with van der Waals surface area (Å²) in [6, 6.07) is 7.79. The summed E-state index contributed by atoms with van der Waals surface area (Å²) in [7, 11) is 1.82. The zero-order chi connectivity index (χ0) is 13.9. The Morgan fingerprint density at radius 2 is 2.21 bits per heavy atom. The first kappa shape index (κ1) is 14.7. The maximum absolute atomic E-state index is 11.8. The summed E-state index contributed by atoms with van der Waals surface area (Å²) in [6.45, 7) is 0. The van der Waals surface area contributed by atoms with Gasteiger partial charge < -0.3 is 11.1 Å². The molecule has 1 unspecified atom stereocenters. The van der Waals surface area contributed by atoms with Gasteiger partial charge in [0, 0.05) is 16.5 Å². The second-order valence-electron chi connectivity index (χ2n) is 4.94. The number of nitrogens with two attached hydrogens (primary N) is 1. The molecule has 0 saturated heterocycles. The lowest BCUT2D eigenvalue weighted by molar-refractivity contribution is -0.124. The summed E-state index contributed by atoms with van der Waals surface area (Å²) in [4.78, 5) is 11.8. The molecular weight excluding hydrogens is 280 g/mol. The van der Waals surface area contributed by atoms with Gasteiger partial charge in [-0.3, -0.25) is 4.79 Å². The highest BCUT2D eigenvalue weighted by Gasteiger charge is 2.48. The fourth-order valence-corrected chi connectivity index (χ4v) is 4.00. The van der Waals surface area contributed by atoms with Crippen LogP contribution in [0.1, 0.15) is 18.4 Å². The van der Waals surface area contributed by atoms with Gasteiger partial charge in [0.2, 0.25) is 5.91 Å². The first-order valence-electron chi connectivity index (χ1n) is 6.40. The van der Waals surface area contributed by atoms with Gasteiger partial charge in [0.15, 0.2) is 0 Å². The summed E-state index contributed by atoms with van der Waals surface area (Å²) < 4.78 is 0. The van der Waals surface area contributed by atoms with E-state index < -0.39 is 5.54 Å². The van der Waals surface area contributed by atoms with E-state index in [1.807, 2.05) is 31.3 Å². The Bertz CT molecular complexity index is 465. The zero-order valence-corrected chi connectivity index (χ0v) is 12.6. The van der Waals surface area contributed by atoms with Gasteiger partial charge in [-0.1, -0.05) is 29.8 Å². The third-order valence-corrected chi connectivity index (χ3v) is 5.25. The van der Waals surface area contributed by atoms with E-state index in [-0.39, 0.29) is 5.91 Å². The average molecular weight is 299 g/mol. The molecular formula is C14H19ClN2OS. The molecule has 2 rings (SSSR count). The monoisotopic (exact) mass is 298 g/mol. The van der Waals surface area contributed by atoms with E-state index in [9.17, 15) is 4.79 Å². The van der Waals surface area contributed by atoms with Gasteiger partial charge in [-0.2, -0.15) is 11.8 Å². The number of amides is 1. The van der Waals surface area contributed by atoms with Crippen LogP contribution in [0.15, 0.2) is 24.3 Å². The van der Waals surface area contributed by atoms with Crippen LogP contribution in [0, 0.1) is 5.92 Å². The second-order valence-corrected chi connectivity index (χ2v) is 6.34. The van der Waals surface area contributed by atoms with Crippen LogP contribution in [0.2, 0.25) is 5.02 Å². The van der Waals surface area contributed by atoms with Crippen molar-refractivity contribution in [3.05, 3.63) is 34.9 Å². The number of benzene rings is 1. The third kappa shape index (κ3) is 3.25. The van der Waals surface area contributed by atoms with Crippen LogP contribution in [-0.2, 0) is 10.5 Å². The van der Waals surface area contributed by atoms with E-state index in [4.69, 9.17) is 17.3 Å². The molecule has 1 fully saturated rings. The Kier molecular flexibility index (Phi) is 4.76. The summed E-state index contributed by atoms with van der Waals surface area (Å²) in [5, 5.41) is 3.92. The van der Waals surface area contributed by atoms with Crippen LogP contribution in [0.3, 0.4) is 0 Å². The number of rotatable bonds is 7. The van der Waals surface area contributed by atoms with Gasteiger partial charge in [-0.15, -0.1) is 0 Å². The Balaban J connectivity index is 1.97. The van der Waals surface area contributed by atoms with Crippen molar-refractivity contribution in [1.82, 2.24) is 5.32 Å². The van der Waals surface area contributed by atoms with Gasteiger partial charge in [-0.25, -0.2) is 0 Å². The molecule has 0 heterocycles. The Morgan fingerprint density at radius 1 is 1.53 bits per heavy atom. The van der Waals surface area contributed by atoms with E-state index in [1.54, 1.807) is 11.8 Å². The lowest BCUT2D eigenvalue weighted by Gasteiger charge is -2.30. The summed E-state index contributed by atoms with van der Waals surface area (Å²) in [6.07, 6.45) is 2.16. The van der Waals surface area contributed by atoms with Crippen LogP contribution in [-0.4, -0.2) is 24.2 Å². The van der Waals surface area contributed by atoms with Crippen molar-refractivity contribution in [2.24, 2.45) is 11.7 Å². The zero-order valence-electron chi connectivity index (χ0n) is 11.0. The highest BCUT2D eigenvalue weighted by molar-refractivity contribution is 7.98. The standard InChI is InChI=1S/C14H19ClN2OS/c1-17-14(13(16)18,11-6-7-11)9-19-8-10-4-2-3-5-12(10)15/h2-5,11,17H,6-9H2,1H3,(H2,16,18). The highest BCUT2D eigenvalue weighted by Crippen LogP contribution is 2.41. The number of halogens is 1. The smallest absolute Gasteiger partial charge is 0.238 e. The number of likely N-dealkylation sites (N-methyl/N-ethyl adjacent to an activating group) is 1. The van der Waals surface area contributed by atoms with Crippen molar-refractivity contribution in [1.29, 1.82) is 0 Å². The predicted octanol–water partition coefficient (Wildman–Crippen LogP) is 2.43. The van der Waals surface area contributed by atoms with E-state index in [2.05, 4.69) is 5.32 Å². The molecule has 1 aromatic carbocycles. The van der Waals surface area contributed by atoms with E-state index in [0.717, 1.165) is 29.2 Å². The molecule has 0 bridgehead atoms. The molecule has 3 N–H and O–H groups in total. The molecule has 1 aliphatic rings. The van der Waals surface area contributed by atoms with E-state index in [0.29, 0.717) is 11.7 Å². The normalized spacial score (nSPS) is 18.0. The largest absolute Gasteiger partial charge is 0.368 e. The Morgan fingerprint density at radius 3 is 2.74 bits per heavy atom. The molecule has 0 aromatic heterocycles.